The number of hydrogen-bond donors (Lipinski definition) is 2. The summed E-state index contributed by atoms with van der Waals surface area (Å²) in [7, 11) is 0. The lowest BCUT2D eigenvalue weighted by Gasteiger charge is -1.97. The number of nitrogens with zero attached hydrogens (tertiary/aromatic N) is 2. The van der Waals surface area contributed by atoms with Crippen molar-refractivity contribution in [2.75, 3.05) is 6.61 Å². The summed E-state index contributed by atoms with van der Waals surface area (Å²) in [5.74, 6) is 0. The van der Waals surface area contributed by atoms with Crippen molar-refractivity contribution in [1.29, 1.82) is 5.41 Å². The normalized spacial score (nSPS) is 11.4. The molecule has 0 aliphatic heterocycles. The van der Waals surface area contributed by atoms with E-state index in [1.54, 1.807) is 6.92 Å². The van der Waals surface area contributed by atoms with Crippen molar-refractivity contribution >= 4 is 23.3 Å². The van der Waals surface area contributed by atoms with Crippen LogP contribution in [0.3, 0.4) is 0 Å². The molecule has 0 fully saturated rings. The van der Waals surface area contributed by atoms with Crippen LogP contribution in [0.4, 0.5) is 0 Å². The van der Waals surface area contributed by atoms with Gasteiger partial charge >= 0.3 is 0 Å². The molecule has 0 aliphatic carbocycles. The number of aromatic nitrogens is 1. The van der Waals surface area contributed by atoms with Gasteiger partial charge in [0.05, 0.1) is 0 Å². The van der Waals surface area contributed by atoms with Crippen LogP contribution in [0.1, 0.15) is 12.6 Å². The van der Waals surface area contributed by atoms with Crippen molar-refractivity contribution in [3.8, 4) is 0 Å². The molecule has 0 bridgehead atoms. The Morgan fingerprint density at radius 3 is 3.07 bits per heavy atom. The number of carbonyl (C=O) groups excluding carboxylic acids is 1. The molecule has 1 radical (unpaired) electrons. The van der Waals surface area contributed by atoms with E-state index in [9.17, 15) is 10.0 Å². The zero-order valence-electron chi connectivity index (χ0n) is 7.35. The maximum atomic E-state index is 10.5. The fourth-order valence-corrected chi connectivity index (χ4v) is 1.36. The molecule has 2 N–H and O–H groups in total. The Labute approximate surface area is 83.5 Å². The molecule has 14 heavy (non-hydrogen) atoms. The van der Waals surface area contributed by atoms with Crippen molar-refractivity contribution in [3.05, 3.63) is 15.9 Å². The second-order valence-electron chi connectivity index (χ2n) is 2.20. The Bertz CT molecular complexity index is 407. The molecular formula is C7H8N3O3S. The molecule has 0 aliphatic rings. The van der Waals surface area contributed by atoms with E-state index < -0.39 is 0 Å². The number of nitrogens with one attached hydrogen (secondary N) is 1. The molecule has 0 saturated heterocycles. The van der Waals surface area contributed by atoms with Gasteiger partial charge in [-0.25, -0.2) is 0 Å². The van der Waals surface area contributed by atoms with E-state index in [1.807, 2.05) is 0 Å². The van der Waals surface area contributed by atoms with Gasteiger partial charge in [0, 0.05) is 5.38 Å². The Balaban J connectivity index is 3.07. The van der Waals surface area contributed by atoms with Crippen LogP contribution in [0, 0.1) is 5.41 Å². The zero-order chi connectivity index (χ0) is 10.6. The van der Waals surface area contributed by atoms with E-state index in [0.717, 1.165) is 11.3 Å². The maximum absolute atomic E-state index is 10.5. The number of rotatable bonds is 4. The first-order valence-electron chi connectivity index (χ1n) is 3.73. The third-order valence-corrected chi connectivity index (χ3v) is 2.06. The molecule has 0 spiro atoms. The molecule has 75 valence electrons. The van der Waals surface area contributed by atoms with Crippen molar-refractivity contribution in [3.63, 3.8) is 0 Å². The summed E-state index contributed by atoms with van der Waals surface area (Å²) in [6.07, 6.45) is 1.52. The number of hydrogen-bond acceptors (Lipinski definition) is 6. The van der Waals surface area contributed by atoms with Crippen molar-refractivity contribution in [1.82, 2.24) is 4.73 Å². The summed E-state index contributed by atoms with van der Waals surface area (Å²) in [5, 5.41) is 21.3. The van der Waals surface area contributed by atoms with Crippen molar-refractivity contribution in [2.24, 2.45) is 5.16 Å². The highest BCUT2D eigenvalue weighted by Gasteiger charge is 2.11. The molecule has 1 rings (SSSR count). The molecule has 1 aromatic heterocycles. The third-order valence-electron chi connectivity index (χ3n) is 1.33. The third kappa shape index (κ3) is 1.99. The standard InChI is InChI=1S/C7H8N3O3S/c1-2-13-9-5(3-11)6-4-14-7(8)10(6)12/h4,8,12H,2H2,1H3/b8-7?,9-5+. The van der Waals surface area contributed by atoms with Gasteiger partial charge in [-0.15, -0.1) is 11.3 Å². The van der Waals surface area contributed by atoms with Gasteiger partial charge in [0.1, 0.15) is 12.3 Å². The average molecular weight is 214 g/mol. The topological polar surface area (TPSA) is 87.7 Å². The summed E-state index contributed by atoms with van der Waals surface area (Å²) in [6.45, 7) is 2.02. The van der Waals surface area contributed by atoms with Crippen LogP contribution in [0.25, 0.3) is 0 Å². The lowest BCUT2D eigenvalue weighted by atomic mass is 10.3. The fourth-order valence-electron chi connectivity index (χ4n) is 0.724. The van der Waals surface area contributed by atoms with Crippen LogP contribution >= 0.6 is 11.3 Å². The Kier molecular flexibility index (Phi) is 3.41. The van der Waals surface area contributed by atoms with Crippen LogP contribution in [-0.4, -0.2) is 28.5 Å². The minimum atomic E-state index is -0.163. The van der Waals surface area contributed by atoms with Gasteiger partial charge in [-0.3, -0.25) is 10.2 Å². The van der Waals surface area contributed by atoms with Gasteiger partial charge in [-0.05, 0) is 6.92 Å². The van der Waals surface area contributed by atoms with Crippen LogP contribution in [-0.2, 0) is 9.63 Å². The SMILES string of the molecule is CCO/N=C(\[C]=O)c1csc(=N)n1O. The molecule has 7 heteroatoms. The quantitative estimate of drug-likeness (QED) is 0.424. The van der Waals surface area contributed by atoms with Crippen LogP contribution in [0.2, 0.25) is 0 Å². The second-order valence-corrected chi connectivity index (χ2v) is 3.06. The molecule has 0 saturated carbocycles. The van der Waals surface area contributed by atoms with Gasteiger partial charge in [0.2, 0.25) is 4.80 Å². The highest BCUT2D eigenvalue weighted by atomic mass is 32.1. The lowest BCUT2D eigenvalue weighted by Crippen LogP contribution is -2.17. The van der Waals surface area contributed by atoms with E-state index in [2.05, 4.69) is 9.99 Å². The smallest absolute Gasteiger partial charge is 0.259 e. The maximum Gasteiger partial charge on any atom is 0.259 e. The van der Waals surface area contributed by atoms with Gasteiger partial charge < -0.3 is 10.0 Å². The van der Waals surface area contributed by atoms with E-state index in [0.29, 0.717) is 11.3 Å². The minimum Gasteiger partial charge on any atom is -0.425 e. The van der Waals surface area contributed by atoms with E-state index >= 15 is 0 Å². The summed E-state index contributed by atoms with van der Waals surface area (Å²) in [5.41, 5.74) is -0.0625. The first kappa shape index (κ1) is 10.5. The Hall–Kier alpha value is -1.63. The van der Waals surface area contributed by atoms with Gasteiger partial charge in [0.25, 0.3) is 6.29 Å². The molecule has 0 atom stereocenters. The molecule has 0 unspecified atom stereocenters. The predicted molar refractivity (Wildman–Crippen MR) is 49.2 cm³/mol. The average Bonchev–Trinajstić information content (AvgIpc) is 2.51. The first-order valence-corrected chi connectivity index (χ1v) is 4.61. The summed E-state index contributed by atoms with van der Waals surface area (Å²) >= 11 is 0.973. The van der Waals surface area contributed by atoms with Crippen LogP contribution in [0.15, 0.2) is 10.5 Å². The number of oxime groups is 1. The molecule has 1 aromatic rings. The van der Waals surface area contributed by atoms with Crippen LogP contribution in [0.5, 0.6) is 0 Å². The number of thiazole rings is 1. The molecule has 1 heterocycles. The van der Waals surface area contributed by atoms with Crippen molar-refractivity contribution in [2.45, 2.75) is 6.92 Å². The minimum absolute atomic E-state index is 0.0977. The van der Waals surface area contributed by atoms with E-state index in [-0.39, 0.29) is 16.2 Å². The molecule has 0 amide bonds. The Morgan fingerprint density at radius 2 is 2.64 bits per heavy atom. The zero-order valence-corrected chi connectivity index (χ0v) is 8.17. The molecular weight excluding hydrogens is 206 g/mol. The monoisotopic (exact) mass is 214 g/mol. The highest BCUT2D eigenvalue weighted by molar-refractivity contribution is 7.07. The van der Waals surface area contributed by atoms with E-state index in [1.165, 1.54) is 11.7 Å². The van der Waals surface area contributed by atoms with E-state index in [4.69, 9.17) is 5.41 Å². The van der Waals surface area contributed by atoms with Gasteiger partial charge in [0.15, 0.2) is 5.71 Å². The lowest BCUT2D eigenvalue weighted by molar-refractivity contribution is 0.155. The fraction of sp³-hybridized carbons (Fsp3) is 0.286. The van der Waals surface area contributed by atoms with Gasteiger partial charge in [-0.2, -0.15) is 4.73 Å². The van der Waals surface area contributed by atoms with Gasteiger partial charge in [-0.1, -0.05) is 5.16 Å². The second kappa shape index (κ2) is 4.56. The van der Waals surface area contributed by atoms with Crippen LogP contribution < -0.4 is 4.80 Å². The summed E-state index contributed by atoms with van der Waals surface area (Å²) in [4.78, 5) is 15.0. The summed E-state index contributed by atoms with van der Waals surface area (Å²) < 4.78 is 0.549. The van der Waals surface area contributed by atoms with Crippen molar-refractivity contribution < 1.29 is 14.8 Å². The highest BCUT2D eigenvalue weighted by Crippen LogP contribution is 2.00. The predicted octanol–water partition coefficient (Wildman–Crippen LogP) is 0.117. The molecule has 6 nitrogen and oxygen atoms in total. The first-order chi connectivity index (χ1) is 6.70. The Morgan fingerprint density at radius 1 is 1.93 bits per heavy atom. The summed E-state index contributed by atoms with van der Waals surface area (Å²) in [6, 6.07) is 0. The largest absolute Gasteiger partial charge is 0.425 e. The molecule has 0 aromatic carbocycles.